The number of nitrogens with zero attached hydrogens (tertiary/aromatic N) is 1. The van der Waals surface area contributed by atoms with Crippen LogP contribution < -0.4 is 5.73 Å². The molecule has 0 aliphatic carbocycles. The third kappa shape index (κ3) is 2.09. The second-order valence-electron chi connectivity index (χ2n) is 2.42. The molecule has 0 aliphatic rings. The van der Waals surface area contributed by atoms with Crippen molar-refractivity contribution in [1.29, 1.82) is 0 Å². The summed E-state index contributed by atoms with van der Waals surface area (Å²) in [5, 5.41) is 8.59. The molecule has 0 saturated heterocycles. The van der Waals surface area contributed by atoms with Crippen LogP contribution in [0.1, 0.15) is 11.1 Å². The minimum Gasteiger partial charge on any atom is -0.392 e. The second-order valence-corrected chi connectivity index (χ2v) is 2.42. The predicted molar refractivity (Wildman–Crippen MR) is 39.6 cm³/mol. The van der Waals surface area contributed by atoms with Gasteiger partial charge in [0, 0.05) is 11.8 Å². The van der Waals surface area contributed by atoms with Crippen molar-refractivity contribution < 1.29 is 18.3 Å². The lowest BCUT2D eigenvalue weighted by Crippen LogP contribution is -2.10. The lowest BCUT2D eigenvalue weighted by Gasteiger charge is -2.10. The highest BCUT2D eigenvalue weighted by atomic mass is 19.4. The molecule has 0 unspecified atom stereocenters. The van der Waals surface area contributed by atoms with Crippen molar-refractivity contribution in [3.8, 4) is 0 Å². The first-order chi connectivity index (χ1) is 5.95. The molecule has 3 nitrogen and oxygen atoms in total. The molecule has 0 amide bonds. The Morgan fingerprint density at radius 1 is 1.46 bits per heavy atom. The zero-order chi connectivity index (χ0) is 10.1. The standard InChI is InChI=1S/C7H7F3N2O/c8-7(9,10)5-1-6(11)12-2-4(5)3-13/h1-2,13H,3H2,(H2,11,12). The third-order valence-corrected chi connectivity index (χ3v) is 1.48. The van der Waals surface area contributed by atoms with E-state index in [0.717, 1.165) is 6.20 Å². The van der Waals surface area contributed by atoms with Crippen LogP contribution in [-0.4, -0.2) is 10.1 Å². The van der Waals surface area contributed by atoms with Crippen molar-refractivity contribution in [1.82, 2.24) is 4.98 Å². The molecule has 72 valence electrons. The number of rotatable bonds is 1. The van der Waals surface area contributed by atoms with Gasteiger partial charge in [0.15, 0.2) is 0 Å². The van der Waals surface area contributed by atoms with Crippen LogP contribution in [0, 0.1) is 0 Å². The molecule has 0 bridgehead atoms. The Morgan fingerprint density at radius 2 is 2.08 bits per heavy atom. The molecule has 13 heavy (non-hydrogen) atoms. The molecule has 1 aromatic rings. The Bertz CT molecular complexity index is 311. The lowest BCUT2D eigenvalue weighted by atomic mass is 10.1. The Balaban J connectivity index is 3.24. The normalized spacial score (nSPS) is 11.7. The topological polar surface area (TPSA) is 59.1 Å². The smallest absolute Gasteiger partial charge is 0.392 e. The first kappa shape index (κ1) is 9.79. The van der Waals surface area contributed by atoms with Gasteiger partial charge in [-0.2, -0.15) is 13.2 Å². The van der Waals surface area contributed by atoms with E-state index in [-0.39, 0.29) is 11.4 Å². The number of hydrogen-bond donors (Lipinski definition) is 2. The van der Waals surface area contributed by atoms with Crippen molar-refractivity contribution in [2.24, 2.45) is 0 Å². The van der Waals surface area contributed by atoms with Crippen LogP contribution in [0.15, 0.2) is 12.3 Å². The van der Waals surface area contributed by atoms with E-state index in [0.29, 0.717) is 6.07 Å². The van der Waals surface area contributed by atoms with E-state index >= 15 is 0 Å². The fourth-order valence-electron chi connectivity index (χ4n) is 0.890. The maximum atomic E-state index is 12.2. The molecule has 0 atom stereocenters. The molecule has 3 N–H and O–H groups in total. The zero-order valence-corrected chi connectivity index (χ0v) is 6.47. The van der Waals surface area contributed by atoms with Crippen LogP contribution in [0.25, 0.3) is 0 Å². The quantitative estimate of drug-likeness (QED) is 0.702. The molecule has 1 heterocycles. The van der Waals surface area contributed by atoms with Gasteiger partial charge in [0.25, 0.3) is 0 Å². The number of alkyl halides is 3. The van der Waals surface area contributed by atoms with Crippen LogP contribution in [0.3, 0.4) is 0 Å². The van der Waals surface area contributed by atoms with Gasteiger partial charge in [-0.3, -0.25) is 0 Å². The summed E-state index contributed by atoms with van der Waals surface area (Å²) in [5.74, 6) is -0.218. The van der Waals surface area contributed by atoms with Crippen molar-refractivity contribution in [3.63, 3.8) is 0 Å². The molecule has 0 spiro atoms. The van der Waals surface area contributed by atoms with Gasteiger partial charge >= 0.3 is 6.18 Å². The van der Waals surface area contributed by atoms with E-state index in [4.69, 9.17) is 10.8 Å². The highest BCUT2D eigenvalue weighted by Gasteiger charge is 2.33. The summed E-state index contributed by atoms with van der Waals surface area (Å²) in [7, 11) is 0. The number of nitrogen functional groups attached to an aromatic ring is 1. The Hall–Kier alpha value is -1.30. The van der Waals surface area contributed by atoms with E-state index in [1.165, 1.54) is 0 Å². The third-order valence-electron chi connectivity index (χ3n) is 1.48. The number of aromatic nitrogens is 1. The Morgan fingerprint density at radius 3 is 2.54 bits per heavy atom. The summed E-state index contributed by atoms with van der Waals surface area (Å²) in [5.41, 5.74) is 3.87. The molecule has 0 aliphatic heterocycles. The molecule has 1 aromatic heterocycles. The average molecular weight is 192 g/mol. The molecule has 1 rings (SSSR count). The van der Waals surface area contributed by atoms with Gasteiger partial charge in [0.05, 0.1) is 12.2 Å². The van der Waals surface area contributed by atoms with Crippen molar-refractivity contribution >= 4 is 5.82 Å². The maximum absolute atomic E-state index is 12.2. The fraction of sp³-hybridized carbons (Fsp3) is 0.286. The minimum atomic E-state index is -4.50. The zero-order valence-electron chi connectivity index (χ0n) is 6.47. The van der Waals surface area contributed by atoms with Gasteiger partial charge in [-0.15, -0.1) is 0 Å². The van der Waals surface area contributed by atoms with Crippen LogP contribution in [0.4, 0.5) is 19.0 Å². The second kappa shape index (κ2) is 3.21. The number of aliphatic hydroxyl groups excluding tert-OH is 1. The first-order valence-electron chi connectivity index (χ1n) is 3.37. The highest BCUT2D eigenvalue weighted by molar-refractivity contribution is 5.38. The van der Waals surface area contributed by atoms with E-state index < -0.39 is 18.3 Å². The minimum absolute atomic E-state index is 0.218. The molecule has 0 aromatic carbocycles. The lowest BCUT2D eigenvalue weighted by molar-refractivity contribution is -0.138. The van der Waals surface area contributed by atoms with Gasteiger partial charge in [-0.05, 0) is 6.07 Å². The molecular formula is C7H7F3N2O. The molecule has 0 fully saturated rings. The van der Waals surface area contributed by atoms with E-state index in [9.17, 15) is 13.2 Å². The Labute approximate surface area is 72.0 Å². The van der Waals surface area contributed by atoms with Crippen molar-refractivity contribution in [3.05, 3.63) is 23.4 Å². The molecular weight excluding hydrogens is 185 g/mol. The van der Waals surface area contributed by atoms with Crippen LogP contribution in [0.2, 0.25) is 0 Å². The van der Waals surface area contributed by atoms with Crippen LogP contribution in [-0.2, 0) is 12.8 Å². The monoisotopic (exact) mass is 192 g/mol. The largest absolute Gasteiger partial charge is 0.416 e. The van der Waals surface area contributed by atoms with Gasteiger partial charge in [-0.25, -0.2) is 4.98 Å². The summed E-state index contributed by atoms with van der Waals surface area (Å²) in [6.07, 6.45) is -3.59. The molecule has 0 radical (unpaired) electrons. The summed E-state index contributed by atoms with van der Waals surface area (Å²) >= 11 is 0. The number of nitrogens with two attached hydrogens (primary N) is 1. The van der Waals surface area contributed by atoms with E-state index in [2.05, 4.69) is 4.98 Å². The van der Waals surface area contributed by atoms with Crippen molar-refractivity contribution in [2.45, 2.75) is 12.8 Å². The summed E-state index contributed by atoms with van der Waals surface area (Å²) in [6.45, 7) is -0.706. The first-order valence-corrected chi connectivity index (χ1v) is 3.37. The van der Waals surface area contributed by atoms with Gasteiger partial charge in [0.2, 0.25) is 0 Å². The van der Waals surface area contributed by atoms with Gasteiger partial charge in [0.1, 0.15) is 5.82 Å². The number of anilines is 1. The van der Waals surface area contributed by atoms with E-state index in [1.54, 1.807) is 0 Å². The summed E-state index contributed by atoms with van der Waals surface area (Å²) in [4.78, 5) is 3.44. The average Bonchev–Trinajstić information content (AvgIpc) is 2.03. The van der Waals surface area contributed by atoms with Gasteiger partial charge < -0.3 is 10.8 Å². The predicted octanol–water partition coefficient (Wildman–Crippen LogP) is 1.17. The SMILES string of the molecule is Nc1cc(C(F)(F)F)c(CO)cn1. The Kier molecular flexibility index (Phi) is 2.42. The molecule has 0 saturated carbocycles. The number of hydrogen-bond acceptors (Lipinski definition) is 3. The van der Waals surface area contributed by atoms with Crippen LogP contribution in [0.5, 0.6) is 0 Å². The summed E-state index contributed by atoms with van der Waals surface area (Å²) in [6, 6.07) is 0.700. The van der Waals surface area contributed by atoms with Gasteiger partial charge in [-0.1, -0.05) is 0 Å². The van der Waals surface area contributed by atoms with E-state index in [1.807, 2.05) is 0 Å². The highest BCUT2D eigenvalue weighted by Crippen LogP contribution is 2.32. The summed E-state index contributed by atoms with van der Waals surface area (Å²) < 4.78 is 36.7. The molecule has 6 heteroatoms. The number of pyridine rings is 1. The maximum Gasteiger partial charge on any atom is 0.416 e. The van der Waals surface area contributed by atoms with Crippen molar-refractivity contribution in [2.75, 3.05) is 5.73 Å². The van der Waals surface area contributed by atoms with Crippen LogP contribution >= 0.6 is 0 Å². The number of halogens is 3. The number of aliphatic hydroxyl groups is 1. The fourth-order valence-corrected chi connectivity index (χ4v) is 0.890.